The molecule has 0 spiro atoms. The average molecular weight is 482 g/mol. The van der Waals surface area contributed by atoms with Gasteiger partial charge in [-0.25, -0.2) is 23.4 Å². The van der Waals surface area contributed by atoms with E-state index in [0.717, 1.165) is 11.3 Å². The molecule has 0 atom stereocenters. The minimum absolute atomic E-state index is 0.0114. The van der Waals surface area contributed by atoms with Gasteiger partial charge in [0.15, 0.2) is 16.8 Å². The van der Waals surface area contributed by atoms with Crippen molar-refractivity contribution in [3.05, 3.63) is 42.1 Å². The molecule has 12 heteroatoms. The predicted molar refractivity (Wildman–Crippen MR) is 120 cm³/mol. The van der Waals surface area contributed by atoms with Gasteiger partial charge in [0.05, 0.1) is 24.3 Å². The smallest absolute Gasteiger partial charge is 0.217 e. The first-order valence-electron chi connectivity index (χ1n) is 9.71. The molecule has 0 aliphatic rings. The van der Waals surface area contributed by atoms with Crippen LogP contribution in [0.2, 0.25) is 0 Å². The number of nitrogens with one attached hydrogen (secondary N) is 1. The Morgan fingerprint density at radius 3 is 2.78 bits per heavy atom. The number of benzene rings is 1. The molecule has 3 rings (SSSR count). The number of ether oxygens (including phenoxy) is 2. The Hall–Kier alpha value is -2.83. The standard InChI is InChI=1S/C20H24FN5O4S2/c1-5-30-14-7-6-8-15(11-14)32(27,28)16-12-22-20(31-16)25-18-17(21)19(24-13(2)23-18)26(3)9-10-29-4/h6-8,11-12H,5,9-10H2,1-4H3,(H,22,23,24,25). The van der Waals surface area contributed by atoms with E-state index >= 15 is 4.39 Å². The van der Waals surface area contributed by atoms with Crippen LogP contribution in [0.5, 0.6) is 5.75 Å². The normalized spacial score (nSPS) is 11.4. The third-order valence-electron chi connectivity index (χ3n) is 4.34. The van der Waals surface area contributed by atoms with Crippen LogP contribution in [0.25, 0.3) is 0 Å². The lowest BCUT2D eigenvalue weighted by atomic mass is 10.3. The van der Waals surface area contributed by atoms with Crippen molar-refractivity contribution in [2.45, 2.75) is 23.0 Å². The molecule has 32 heavy (non-hydrogen) atoms. The molecular formula is C20H24FN5O4S2. The third kappa shape index (κ3) is 5.31. The van der Waals surface area contributed by atoms with Crippen LogP contribution in [0.15, 0.2) is 39.6 Å². The molecule has 3 aromatic rings. The fraction of sp³-hybridized carbons (Fsp3) is 0.350. The highest BCUT2D eigenvalue weighted by molar-refractivity contribution is 7.93. The van der Waals surface area contributed by atoms with Crippen LogP contribution in [0.1, 0.15) is 12.7 Å². The maximum absolute atomic E-state index is 15.0. The lowest BCUT2D eigenvalue weighted by Gasteiger charge is -2.19. The Bertz CT molecular complexity index is 1190. The van der Waals surface area contributed by atoms with E-state index in [9.17, 15) is 8.42 Å². The number of methoxy groups -OCH3 is 1. The van der Waals surface area contributed by atoms with Crippen molar-refractivity contribution in [3.8, 4) is 5.75 Å². The van der Waals surface area contributed by atoms with E-state index in [-0.39, 0.29) is 25.9 Å². The van der Waals surface area contributed by atoms with Crippen LogP contribution in [0, 0.1) is 12.7 Å². The highest BCUT2D eigenvalue weighted by atomic mass is 32.2. The SMILES string of the molecule is CCOc1cccc(S(=O)(=O)c2cnc(Nc3nc(C)nc(N(C)CCOC)c3F)s2)c1. The highest BCUT2D eigenvalue weighted by Gasteiger charge is 2.23. The van der Waals surface area contributed by atoms with E-state index in [4.69, 9.17) is 9.47 Å². The van der Waals surface area contributed by atoms with E-state index < -0.39 is 15.7 Å². The zero-order valence-electron chi connectivity index (χ0n) is 18.1. The van der Waals surface area contributed by atoms with Gasteiger partial charge in [0.25, 0.3) is 0 Å². The van der Waals surface area contributed by atoms with Crippen molar-refractivity contribution < 1.29 is 22.3 Å². The van der Waals surface area contributed by atoms with Gasteiger partial charge in [-0.3, -0.25) is 0 Å². The van der Waals surface area contributed by atoms with Gasteiger partial charge < -0.3 is 19.7 Å². The van der Waals surface area contributed by atoms with Gasteiger partial charge in [-0.1, -0.05) is 17.4 Å². The first kappa shape index (κ1) is 23.8. The molecule has 2 aromatic heterocycles. The second-order valence-corrected chi connectivity index (χ2v) is 9.90. The summed E-state index contributed by atoms with van der Waals surface area (Å²) in [5, 5.41) is 2.96. The third-order valence-corrected chi connectivity index (χ3v) is 7.46. The Balaban J connectivity index is 1.87. The molecule has 0 saturated heterocycles. The largest absolute Gasteiger partial charge is 0.494 e. The van der Waals surface area contributed by atoms with Crippen molar-refractivity contribution in [3.63, 3.8) is 0 Å². The summed E-state index contributed by atoms with van der Waals surface area (Å²) < 4.78 is 51.4. The van der Waals surface area contributed by atoms with Gasteiger partial charge >= 0.3 is 0 Å². The van der Waals surface area contributed by atoms with Crippen LogP contribution in [-0.2, 0) is 14.6 Å². The maximum Gasteiger partial charge on any atom is 0.217 e. The molecule has 0 aliphatic heterocycles. The molecule has 172 valence electrons. The van der Waals surface area contributed by atoms with Gasteiger partial charge in [0, 0.05) is 20.7 Å². The average Bonchev–Trinajstić information content (AvgIpc) is 3.24. The fourth-order valence-electron chi connectivity index (χ4n) is 2.77. The second kappa shape index (κ2) is 10.2. The number of sulfone groups is 1. The summed E-state index contributed by atoms with van der Waals surface area (Å²) in [4.78, 5) is 14.0. The summed E-state index contributed by atoms with van der Waals surface area (Å²) in [6, 6.07) is 6.24. The van der Waals surface area contributed by atoms with E-state index in [2.05, 4.69) is 20.3 Å². The van der Waals surface area contributed by atoms with E-state index in [1.165, 1.54) is 18.3 Å². The van der Waals surface area contributed by atoms with E-state index in [1.54, 1.807) is 38.1 Å². The first-order valence-corrected chi connectivity index (χ1v) is 12.0. The maximum atomic E-state index is 15.0. The molecular weight excluding hydrogens is 457 g/mol. The monoisotopic (exact) mass is 481 g/mol. The second-order valence-electron chi connectivity index (χ2n) is 6.69. The number of hydrogen-bond acceptors (Lipinski definition) is 10. The van der Waals surface area contributed by atoms with Crippen LogP contribution >= 0.6 is 11.3 Å². The van der Waals surface area contributed by atoms with Crippen molar-refractivity contribution in [2.75, 3.05) is 44.1 Å². The number of hydrogen-bond donors (Lipinski definition) is 1. The van der Waals surface area contributed by atoms with Crippen LogP contribution < -0.4 is 15.0 Å². The van der Waals surface area contributed by atoms with Crippen LogP contribution in [0.3, 0.4) is 0 Å². The van der Waals surface area contributed by atoms with Crippen molar-refractivity contribution in [1.29, 1.82) is 0 Å². The summed E-state index contributed by atoms with van der Waals surface area (Å²) in [5.74, 6) is 0.159. The molecule has 0 saturated carbocycles. The molecule has 1 aromatic carbocycles. The molecule has 0 amide bonds. The number of nitrogens with zero attached hydrogens (tertiary/aromatic N) is 4. The van der Waals surface area contributed by atoms with Gasteiger partial charge in [-0.15, -0.1) is 0 Å². The number of thiazole rings is 1. The Labute approximate surface area is 190 Å². The molecule has 0 fully saturated rings. The lowest BCUT2D eigenvalue weighted by Crippen LogP contribution is -2.25. The molecule has 0 aliphatic carbocycles. The Kier molecular flexibility index (Phi) is 7.59. The minimum Gasteiger partial charge on any atom is -0.494 e. The van der Waals surface area contributed by atoms with Gasteiger partial charge in [-0.05, 0) is 32.0 Å². The quantitative estimate of drug-likeness (QED) is 0.466. The lowest BCUT2D eigenvalue weighted by molar-refractivity contribution is 0.206. The topological polar surface area (TPSA) is 107 Å². The van der Waals surface area contributed by atoms with Gasteiger partial charge in [0.1, 0.15) is 15.8 Å². The Morgan fingerprint density at radius 2 is 2.06 bits per heavy atom. The summed E-state index contributed by atoms with van der Waals surface area (Å²) in [5.41, 5.74) is 0. The molecule has 1 N–H and O–H groups in total. The number of aryl methyl sites for hydroxylation is 1. The van der Waals surface area contributed by atoms with E-state index in [1.807, 2.05) is 6.92 Å². The highest BCUT2D eigenvalue weighted by Crippen LogP contribution is 2.32. The van der Waals surface area contributed by atoms with E-state index in [0.29, 0.717) is 31.3 Å². The minimum atomic E-state index is -3.81. The van der Waals surface area contributed by atoms with Crippen LogP contribution in [-0.4, -0.2) is 57.3 Å². The molecule has 0 bridgehead atoms. The molecule has 9 nitrogen and oxygen atoms in total. The predicted octanol–water partition coefficient (Wildman–Crippen LogP) is 3.44. The summed E-state index contributed by atoms with van der Waals surface area (Å²) in [6.07, 6.45) is 1.23. The first-order chi connectivity index (χ1) is 15.3. The van der Waals surface area contributed by atoms with Crippen molar-refractivity contribution in [1.82, 2.24) is 15.0 Å². The van der Waals surface area contributed by atoms with Gasteiger partial charge in [-0.2, -0.15) is 4.39 Å². The summed E-state index contributed by atoms with van der Waals surface area (Å²) in [7, 11) is -0.562. The number of halogens is 1. The summed E-state index contributed by atoms with van der Waals surface area (Å²) >= 11 is 0.880. The van der Waals surface area contributed by atoms with Crippen LogP contribution in [0.4, 0.5) is 21.2 Å². The Morgan fingerprint density at radius 1 is 1.28 bits per heavy atom. The van der Waals surface area contributed by atoms with Gasteiger partial charge in [0.2, 0.25) is 15.7 Å². The number of anilines is 3. The molecule has 2 heterocycles. The summed E-state index contributed by atoms with van der Waals surface area (Å²) in [6.45, 7) is 4.72. The molecule has 0 radical (unpaired) electrons. The van der Waals surface area contributed by atoms with Crippen molar-refractivity contribution >= 4 is 37.9 Å². The number of rotatable bonds is 10. The number of aromatic nitrogens is 3. The fourth-order valence-corrected chi connectivity index (χ4v) is 5.24. The molecule has 0 unspecified atom stereocenters. The zero-order chi connectivity index (χ0) is 23.3. The number of likely N-dealkylation sites (N-methyl/N-ethyl adjacent to an activating group) is 1. The van der Waals surface area contributed by atoms with Crippen molar-refractivity contribution in [2.24, 2.45) is 0 Å². The zero-order valence-corrected chi connectivity index (χ0v) is 19.8.